The first-order valence-electron chi connectivity index (χ1n) is 11.5. The number of para-hydroxylation sites is 1. The Morgan fingerprint density at radius 1 is 1.15 bits per heavy atom. The van der Waals surface area contributed by atoms with Crippen LogP contribution in [-0.4, -0.2) is 47.3 Å². The standard InChI is InChI=1S/C26H30N2O6/c1-33-22-9-5-8-20-24(22)34-27-26(20,21(25(31)32)16-23(29)30)13-10-18-11-14-28(15-12-18)17-19-6-3-2-4-7-19/h2-9,16,18,27H,10-15,17H2,1H3,(H,29,30)(H,31,32). The van der Waals surface area contributed by atoms with E-state index in [1.165, 1.54) is 12.7 Å². The normalized spacial score (nSPS) is 21.0. The first-order chi connectivity index (χ1) is 16.4. The number of carboxylic acid groups (broad SMARTS) is 2. The minimum absolute atomic E-state index is 0.256. The molecule has 0 aromatic heterocycles. The number of hydrogen-bond donors (Lipinski definition) is 3. The fourth-order valence-electron chi connectivity index (χ4n) is 5.02. The Morgan fingerprint density at radius 2 is 1.88 bits per heavy atom. The van der Waals surface area contributed by atoms with Crippen LogP contribution in [0.15, 0.2) is 60.2 Å². The molecule has 2 heterocycles. The summed E-state index contributed by atoms with van der Waals surface area (Å²) >= 11 is 0. The highest BCUT2D eigenvalue weighted by molar-refractivity contribution is 5.97. The van der Waals surface area contributed by atoms with Crippen molar-refractivity contribution in [3.63, 3.8) is 0 Å². The lowest BCUT2D eigenvalue weighted by Gasteiger charge is -2.35. The van der Waals surface area contributed by atoms with E-state index < -0.39 is 17.5 Å². The SMILES string of the molecule is COc1cccc2c1ONC2(CCC1CCN(Cc2ccccc2)CC1)C(=CC(=O)O)C(=O)O. The number of carboxylic acids is 2. The third kappa shape index (κ3) is 4.93. The highest BCUT2D eigenvalue weighted by atomic mass is 16.7. The summed E-state index contributed by atoms with van der Waals surface area (Å²) in [6.45, 7) is 2.86. The van der Waals surface area contributed by atoms with Crippen LogP contribution in [0.3, 0.4) is 0 Å². The number of piperidine rings is 1. The van der Waals surface area contributed by atoms with Gasteiger partial charge in [-0.05, 0) is 56.3 Å². The molecule has 1 unspecified atom stereocenters. The van der Waals surface area contributed by atoms with Gasteiger partial charge in [-0.1, -0.05) is 42.5 Å². The summed E-state index contributed by atoms with van der Waals surface area (Å²) in [5, 5.41) is 19.3. The maximum absolute atomic E-state index is 12.2. The van der Waals surface area contributed by atoms with Crippen molar-refractivity contribution in [2.24, 2.45) is 5.92 Å². The molecule has 0 bridgehead atoms. The second-order valence-corrected chi connectivity index (χ2v) is 8.89. The average molecular weight is 467 g/mol. The van der Waals surface area contributed by atoms with Gasteiger partial charge < -0.3 is 19.8 Å². The van der Waals surface area contributed by atoms with Crippen molar-refractivity contribution in [3.05, 3.63) is 71.3 Å². The smallest absolute Gasteiger partial charge is 0.334 e. The van der Waals surface area contributed by atoms with E-state index in [1.807, 2.05) is 6.07 Å². The monoisotopic (exact) mass is 466 g/mol. The fraction of sp³-hybridized carbons (Fsp3) is 0.385. The van der Waals surface area contributed by atoms with Gasteiger partial charge in [0.2, 0.25) is 0 Å². The van der Waals surface area contributed by atoms with E-state index >= 15 is 0 Å². The molecule has 2 aromatic rings. The van der Waals surface area contributed by atoms with Crippen LogP contribution in [0.25, 0.3) is 0 Å². The van der Waals surface area contributed by atoms with Gasteiger partial charge in [-0.25, -0.2) is 9.59 Å². The zero-order valence-electron chi connectivity index (χ0n) is 19.2. The molecule has 2 aliphatic rings. The number of methoxy groups -OCH3 is 1. The van der Waals surface area contributed by atoms with Crippen LogP contribution >= 0.6 is 0 Å². The Balaban J connectivity index is 1.51. The van der Waals surface area contributed by atoms with Crippen molar-refractivity contribution >= 4 is 11.9 Å². The number of carbonyl (C=O) groups is 2. The van der Waals surface area contributed by atoms with E-state index in [9.17, 15) is 19.8 Å². The van der Waals surface area contributed by atoms with Gasteiger partial charge in [0.1, 0.15) is 5.54 Å². The van der Waals surface area contributed by atoms with Gasteiger partial charge in [0, 0.05) is 18.2 Å². The summed E-state index contributed by atoms with van der Waals surface area (Å²) in [6.07, 6.45) is 3.88. The maximum Gasteiger partial charge on any atom is 0.334 e. The fourth-order valence-corrected chi connectivity index (χ4v) is 5.02. The Labute approximate surface area is 198 Å². The first kappa shape index (κ1) is 23.8. The zero-order valence-corrected chi connectivity index (χ0v) is 19.2. The van der Waals surface area contributed by atoms with Crippen molar-refractivity contribution in [3.8, 4) is 11.5 Å². The van der Waals surface area contributed by atoms with Gasteiger partial charge in [-0.3, -0.25) is 4.90 Å². The van der Waals surface area contributed by atoms with Crippen LogP contribution in [0.1, 0.15) is 36.8 Å². The Kier molecular flexibility index (Phi) is 7.19. The summed E-state index contributed by atoms with van der Waals surface area (Å²) in [5.74, 6) is -1.36. The molecule has 1 atom stereocenters. The maximum atomic E-state index is 12.2. The highest BCUT2D eigenvalue weighted by Crippen LogP contribution is 2.48. The summed E-state index contributed by atoms with van der Waals surface area (Å²) in [7, 11) is 1.51. The molecule has 1 saturated heterocycles. The minimum Gasteiger partial charge on any atom is -0.493 e. The van der Waals surface area contributed by atoms with Crippen molar-refractivity contribution < 1.29 is 29.4 Å². The molecular formula is C26H30N2O6. The van der Waals surface area contributed by atoms with Crippen LogP contribution in [0.2, 0.25) is 0 Å². The molecule has 180 valence electrons. The summed E-state index contributed by atoms with van der Waals surface area (Å²) in [4.78, 5) is 31.8. The largest absolute Gasteiger partial charge is 0.493 e. The molecule has 0 aliphatic carbocycles. The summed E-state index contributed by atoms with van der Waals surface area (Å²) in [5.41, 5.74) is 3.20. The van der Waals surface area contributed by atoms with E-state index in [4.69, 9.17) is 9.57 Å². The second-order valence-electron chi connectivity index (χ2n) is 8.89. The van der Waals surface area contributed by atoms with Gasteiger partial charge in [0.15, 0.2) is 11.5 Å². The average Bonchev–Trinajstić information content (AvgIpc) is 3.22. The zero-order chi connectivity index (χ0) is 24.1. The number of fused-ring (bicyclic) bond motifs is 1. The number of aliphatic carboxylic acids is 2. The van der Waals surface area contributed by atoms with E-state index in [0.29, 0.717) is 29.4 Å². The third-order valence-corrected chi connectivity index (χ3v) is 6.83. The molecule has 2 aliphatic heterocycles. The van der Waals surface area contributed by atoms with E-state index in [-0.39, 0.29) is 5.57 Å². The summed E-state index contributed by atoms with van der Waals surface area (Å²) < 4.78 is 5.37. The molecule has 0 radical (unpaired) electrons. The molecule has 3 N–H and O–H groups in total. The molecule has 34 heavy (non-hydrogen) atoms. The first-order valence-corrected chi connectivity index (χ1v) is 11.5. The van der Waals surface area contributed by atoms with Gasteiger partial charge in [-0.2, -0.15) is 0 Å². The molecule has 8 heteroatoms. The predicted octanol–water partition coefficient (Wildman–Crippen LogP) is 3.58. The van der Waals surface area contributed by atoms with Gasteiger partial charge in [-0.15, -0.1) is 5.48 Å². The summed E-state index contributed by atoms with van der Waals surface area (Å²) in [6, 6.07) is 15.6. The van der Waals surface area contributed by atoms with Crippen molar-refractivity contribution in [2.75, 3.05) is 20.2 Å². The molecule has 8 nitrogen and oxygen atoms in total. The lowest BCUT2D eigenvalue weighted by molar-refractivity contribution is -0.136. The Bertz CT molecular complexity index is 1060. The number of nitrogens with one attached hydrogen (secondary N) is 1. The quantitative estimate of drug-likeness (QED) is 0.482. The van der Waals surface area contributed by atoms with Crippen LogP contribution in [0, 0.1) is 5.92 Å². The minimum atomic E-state index is -1.32. The molecule has 0 saturated carbocycles. The number of benzene rings is 2. The third-order valence-electron chi connectivity index (χ3n) is 6.83. The van der Waals surface area contributed by atoms with Crippen LogP contribution in [0.4, 0.5) is 0 Å². The number of rotatable bonds is 9. The van der Waals surface area contributed by atoms with Crippen molar-refractivity contribution in [2.45, 2.75) is 37.8 Å². The van der Waals surface area contributed by atoms with Gasteiger partial charge in [0.05, 0.1) is 12.7 Å². The molecule has 0 spiro atoms. The van der Waals surface area contributed by atoms with Gasteiger partial charge >= 0.3 is 11.9 Å². The highest BCUT2D eigenvalue weighted by Gasteiger charge is 2.48. The topological polar surface area (TPSA) is 108 Å². The number of ether oxygens (including phenoxy) is 1. The van der Waals surface area contributed by atoms with E-state index in [2.05, 4.69) is 34.6 Å². The number of likely N-dealkylation sites (tertiary alicyclic amines) is 1. The molecule has 2 aromatic carbocycles. The number of hydrogen-bond acceptors (Lipinski definition) is 6. The van der Waals surface area contributed by atoms with Crippen LogP contribution in [-0.2, 0) is 21.7 Å². The lowest BCUT2D eigenvalue weighted by Crippen LogP contribution is -2.44. The molecule has 1 fully saturated rings. The number of nitrogens with zero attached hydrogens (tertiary/aromatic N) is 1. The van der Waals surface area contributed by atoms with Crippen LogP contribution in [0.5, 0.6) is 11.5 Å². The van der Waals surface area contributed by atoms with Crippen LogP contribution < -0.4 is 15.1 Å². The van der Waals surface area contributed by atoms with E-state index in [0.717, 1.165) is 45.0 Å². The van der Waals surface area contributed by atoms with E-state index in [1.54, 1.807) is 18.2 Å². The van der Waals surface area contributed by atoms with Gasteiger partial charge in [0.25, 0.3) is 0 Å². The predicted molar refractivity (Wildman–Crippen MR) is 125 cm³/mol. The Morgan fingerprint density at radius 3 is 2.53 bits per heavy atom. The second kappa shape index (κ2) is 10.3. The number of hydroxylamine groups is 1. The lowest BCUT2D eigenvalue weighted by atomic mass is 9.76. The Hall–Kier alpha value is -3.36. The molecular weight excluding hydrogens is 436 g/mol. The van der Waals surface area contributed by atoms with Crippen molar-refractivity contribution in [1.82, 2.24) is 10.4 Å². The van der Waals surface area contributed by atoms with Crippen molar-refractivity contribution in [1.29, 1.82) is 0 Å². The molecule has 0 amide bonds. The molecule has 4 rings (SSSR count).